The van der Waals surface area contributed by atoms with Gasteiger partial charge in [0, 0.05) is 31.3 Å². The minimum atomic E-state index is -0.314. The maximum Gasteiger partial charge on any atom is 0.262 e. The summed E-state index contributed by atoms with van der Waals surface area (Å²) >= 11 is 0. The summed E-state index contributed by atoms with van der Waals surface area (Å²) < 4.78 is 11.1. The van der Waals surface area contributed by atoms with Gasteiger partial charge in [0.15, 0.2) is 5.88 Å². The largest absolute Gasteiger partial charge is 0.441 e. The van der Waals surface area contributed by atoms with Crippen molar-refractivity contribution >= 4 is 17.9 Å². The number of amides is 1. The van der Waals surface area contributed by atoms with Crippen molar-refractivity contribution in [2.24, 2.45) is 5.92 Å². The molecular formula is C19H25N3O3. The summed E-state index contributed by atoms with van der Waals surface area (Å²) in [6.07, 6.45) is 5.96. The number of morpholine rings is 1. The number of nitrogens with one attached hydrogen (secondary N) is 1. The number of anilines is 1. The fraction of sp³-hybridized carbons (Fsp3) is 0.579. The minimum Gasteiger partial charge on any atom is -0.441 e. The van der Waals surface area contributed by atoms with Crippen LogP contribution in [0.15, 0.2) is 22.1 Å². The first-order valence-corrected chi connectivity index (χ1v) is 9.02. The Kier molecular flexibility index (Phi) is 5.77. The molecule has 1 N–H and O–H groups in total. The zero-order valence-corrected chi connectivity index (χ0v) is 14.7. The van der Waals surface area contributed by atoms with Gasteiger partial charge < -0.3 is 19.4 Å². The highest BCUT2D eigenvalue weighted by molar-refractivity contribution is 6.01. The fourth-order valence-electron chi connectivity index (χ4n) is 3.44. The van der Waals surface area contributed by atoms with E-state index in [1.165, 1.54) is 12.5 Å². The molecule has 134 valence electrons. The van der Waals surface area contributed by atoms with Gasteiger partial charge in [-0.25, -0.2) is 0 Å². The van der Waals surface area contributed by atoms with Gasteiger partial charge in [-0.3, -0.25) is 4.79 Å². The molecule has 1 aromatic heterocycles. The molecule has 1 aliphatic heterocycles. The average Bonchev–Trinajstić information content (AvgIpc) is 3.11. The molecule has 1 saturated carbocycles. The fourth-order valence-corrected chi connectivity index (χ4v) is 3.44. The first-order chi connectivity index (χ1) is 12.2. The van der Waals surface area contributed by atoms with Crippen LogP contribution in [0.5, 0.6) is 0 Å². The van der Waals surface area contributed by atoms with Crippen molar-refractivity contribution in [3.63, 3.8) is 0 Å². The maximum atomic E-state index is 12.4. The third-order valence-electron chi connectivity index (χ3n) is 5.01. The van der Waals surface area contributed by atoms with E-state index in [0.717, 1.165) is 38.2 Å². The van der Waals surface area contributed by atoms with E-state index < -0.39 is 0 Å². The molecule has 2 heterocycles. The zero-order valence-electron chi connectivity index (χ0n) is 14.7. The van der Waals surface area contributed by atoms with Crippen LogP contribution in [-0.4, -0.2) is 38.3 Å². The van der Waals surface area contributed by atoms with E-state index in [2.05, 4.69) is 17.1 Å². The smallest absolute Gasteiger partial charge is 0.262 e. The van der Waals surface area contributed by atoms with Crippen LogP contribution in [-0.2, 0) is 9.53 Å². The summed E-state index contributed by atoms with van der Waals surface area (Å²) in [5.74, 6) is 1.40. The van der Waals surface area contributed by atoms with Crippen molar-refractivity contribution in [1.29, 1.82) is 5.26 Å². The van der Waals surface area contributed by atoms with Crippen molar-refractivity contribution in [3.8, 4) is 6.07 Å². The Balaban J connectivity index is 1.66. The van der Waals surface area contributed by atoms with Gasteiger partial charge in [-0.15, -0.1) is 0 Å². The SMILES string of the molecule is C[C@@H]1CCCC[C@@H]1NC(=O)/C(C#N)=C/c1ccc(N2CCOCC2)o1. The molecular weight excluding hydrogens is 318 g/mol. The van der Waals surface area contributed by atoms with E-state index in [0.29, 0.717) is 24.9 Å². The Labute approximate surface area is 148 Å². The molecule has 25 heavy (non-hydrogen) atoms. The van der Waals surface area contributed by atoms with Crippen molar-refractivity contribution in [3.05, 3.63) is 23.5 Å². The highest BCUT2D eigenvalue weighted by atomic mass is 16.5. The van der Waals surface area contributed by atoms with Gasteiger partial charge in [0.05, 0.1) is 13.2 Å². The molecule has 6 heteroatoms. The van der Waals surface area contributed by atoms with E-state index >= 15 is 0 Å². The second kappa shape index (κ2) is 8.21. The van der Waals surface area contributed by atoms with Crippen molar-refractivity contribution in [2.45, 2.75) is 38.6 Å². The number of hydrogen-bond donors (Lipinski definition) is 1. The predicted molar refractivity (Wildman–Crippen MR) is 94.9 cm³/mol. The number of ether oxygens (including phenoxy) is 1. The Morgan fingerprint density at radius 1 is 1.32 bits per heavy atom. The third kappa shape index (κ3) is 4.43. The van der Waals surface area contributed by atoms with Gasteiger partial charge in [0.2, 0.25) is 0 Å². The van der Waals surface area contributed by atoms with Gasteiger partial charge in [-0.2, -0.15) is 5.26 Å². The summed E-state index contributed by atoms with van der Waals surface area (Å²) in [6.45, 7) is 5.07. The molecule has 0 bridgehead atoms. The normalized spacial score (nSPS) is 24.6. The van der Waals surface area contributed by atoms with E-state index in [1.54, 1.807) is 6.07 Å². The Morgan fingerprint density at radius 3 is 2.80 bits per heavy atom. The van der Waals surface area contributed by atoms with Crippen LogP contribution >= 0.6 is 0 Å². The quantitative estimate of drug-likeness (QED) is 0.672. The Hall–Kier alpha value is -2.26. The number of nitriles is 1. The number of carbonyl (C=O) groups is 1. The molecule has 6 nitrogen and oxygen atoms in total. The maximum absolute atomic E-state index is 12.4. The number of hydrogen-bond acceptors (Lipinski definition) is 5. The number of furan rings is 1. The average molecular weight is 343 g/mol. The predicted octanol–water partition coefficient (Wildman–Crippen LogP) is 2.72. The number of carbonyl (C=O) groups excluding carboxylic acids is 1. The van der Waals surface area contributed by atoms with Crippen LogP contribution in [0.2, 0.25) is 0 Å². The molecule has 0 spiro atoms. The molecule has 2 fully saturated rings. The third-order valence-corrected chi connectivity index (χ3v) is 5.01. The second-order valence-corrected chi connectivity index (χ2v) is 6.79. The van der Waals surface area contributed by atoms with E-state index in [1.807, 2.05) is 12.1 Å². The molecule has 3 rings (SSSR count). The lowest BCUT2D eigenvalue weighted by atomic mass is 9.86. The van der Waals surface area contributed by atoms with Gasteiger partial charge in [0.25, 0.3) is 5.91 Å². The van der Waals surface area contributed by atoms with Crippen LogP contribution in [0.25, 0.3) is 6.08 Å². The van der Waals surface area contributed by atoms with Gasteiger partial charge in [-0.05, 0) is 24.8 Å². The molecule has 1 aliphatic carbocycles. The van der Waals surface area contributed by atoms with Gasteiger partial charge in [0.1, 0.15) is 17.4 Å². The van der Waals surface area contributed by atoms with Crippen molar-refractivity contribution in [2.75, 3.05) is 31.2 Å². The van der Waals surface area contributed by atoms with Crippen LogP contribution in [0.3, 0.4) is 0 Å². The van der Waals surface area contributed by atoms with Crippen LogP contribution in [0, 0.1) is 17.2 Å². The monoisotopic (exact) mass is 343 g/mol. The Bertz CT molecular complexity index is 668. The summed E-state index contributed by atoms with van der Waals surface area (Å²) in [5.41, 5.74) is 0.0839. The molecule has 1 aromatic rings. The summed E-state index contributed by atoms with van der Waals surface area (Å²) in [7, 11) is 0. The molecule has 0 radical (unpaired) electrons. The van der Waals surface area contributed by atoms with Gasteiger partial charge in [-0.1, -0.05) is 19.8 Å². The second-order valence-electron chi connectivity index (χ2n) is 6.79. The van der Waals surface area contributed by atoms with Crippen LogP contribution < -0.4 is 10.2 Å². The van der Waals surface area contributed by atoms with Crippen LogP contribution in [0.4, 0.5) is 5.88 Å². The van der Waals surface area contributed by atoms with Crippen molar-refractivity contribution in [1.82, 2.24) is 5.32 Å². The number of nitrogens with zero attached hydrogens (tertiary/aromatic N) is 2. The summed E-state index contributed by atoms with van der Waals surface area (Å²) in [6, 6.07) is 5.81. The van der Waals surface area contributed by atoms with Gasteiger partial charge >= 0.3 is 0 Å². The highest BCUT2D eigenvalue weighted by Gasteiger charge is 2.24. The molecule has 1 saturated heterocycles. The molecule has 2 atom stereocenters. The van der Waals surface area contributed by atoms with E-state index in [9.17, 15) is 10.1 Å². The minimum absolute atomic E-state index is 0.0839. The summed E-state index contributed by atoms with van der Waals surface area (Å²) in [5, 5.41) is 12.4. The standard InChI is InChI=1S/C19H25N3O3/c1-14-4-2-3-5-17(14)21-19(23)15(13-20)12-16-6-7-18(25-16)22-8-10-24-11-9-22/h6-7,12,14,17H,2-5,8-11H2,1H3,(H,21,23)/b15-12+/t14-,17+/m1/s1. The van der Waals surface area contributed by atoms with Crippen molar-refractivity contribution < 1.29 is 13.9 Å². The lowest BCUT2D eigenvalue weighted by Crippen LogP contribution is -2.41. The zero-order chi connectivity index (χ0) is 17.6. The van der Waals surface area contributed by atoms with E-state index in [-0.39, 0.29) is 17.5 Å². The molecule has 2 aliphatic rings. The number of rotatable bonds is 4. The molecule has 1 amide bonds. The van der Waals surface area contributed by atoms with Crippen LogP contribution in [0.1, 0.15) is 38.4 Å². The first-order valence-electron chi connectivity index (χ1n) is 9.02. The first kappa shape index (κ1) is 17.6. The highest BCUT2D eigenvalue weighted by Crippen LogP contribution is 2.24. The Morgan fingerprint density at radius 2 is 2.08 bits per heavy atom. The molecule has 0 unspecified atom stereocenters. The lowest BCUT2D eigenvalue weighted by Gasteiger charge is -2.29. The lowest BCUT2D eigenvalue weighted by molar-refractivity contribution is -0.118. The van der Waals surface area contributed by atoms with E-state index in [4.69, 9.17) is 9.15 Å². The summed E-state index contributed by atoms with van der Waals surface area (Å²) in [4.78, 5) is 14.5. The molecule has 0 aromatic carbocycles. The topological polar surface area (TPSA) is 78.5 Å².